The summed E-state index contributed by atoms with van der Waals surface area (Å²) in [7, 11) is 0. The van der Waals surface area contributed by atoms with Crippen molar-refractivity contribution in [2.75, 3.05) is 19.7 Å². The molecular formula is C14H23FIN3O2. The number of aliphatic hydroxyl groups is 1. The van der Waals surface area contributed by atoms with Gasteiger partial charge in [-0.25, -0.2) is 4.39 Å². The second-order valence-corrected chi connectivity index (χ2v) is 4.43. The molecule has 0 saturated heterocycles. The predicted octanol–water partition coefficient (Wildman–Crippen LogP) is 1.89. The van der Waals surface area contributed by atoms with Crippen molar-refractivity contribution in [1.82, 2.24) is 5.32 Å². The van der Waals surface area contributed by atoms with E-state index in [-0.39, 0.29) is 42.9 Å². The smallest absolute Gasteiger partial charge is 0.188 e. The summed E-state index contributed by atoms with van der Waals surface area (Å²) in [6, 6.07) is 5.61. The van der Waals surface area contributed by atoms with Gasteiger partial charge in [0, 0.05) is 6.54 Å². The molecule has 1 aromatic carbocycles. The second kappa shape index (κ2) is 11.6. The lowest BCUT2D eigenvalue weighted by molar-refractivity contribution is 0.114. The average Bonchev–Trinajstić information content (AvgIpc) is 2.45. The van der Waals surface area contributed by atoms with Crippen LogP contribution in [0, 0.1) is 5.82 Å². The Labute approximate surface area is 141 Å². The van der Waals surface area contributed by atoms with Gasteiger partial charge in [-0.2, -0.15) is 0 Å². The molecular weight excluding hydrogens is 388 g/mol. The minimum Gasteiger partial charge on any atom is -0.491 e. The van der Waals surface area contributed by atoms with Crippen LogP contribution < -0.4 is 15.8 Å². The molecule has 1 atom stereocenters. The van der Waals surface area contributed by atoms with E-state index in [1.54, 1.807) is 0 Å². The van der Waals surface area contributed by atoms with Gasteiger partial charge in [0.2, 0.25) is 0 Å². The molecule has 0 aliphatic carbocycles. The van der Waals surface area contributed by atoms with Crippen molar-refractivity contribution in [3.63, 3.8) is 0 Å². The van der Waals surface area contributed by atoms with Gasteiger partial charge in [0.1, 0.15) is 24.3 Å². The molecule has 120 valence electrons. The van der Waals surface area contributed by atoms with E-state index >= 15 is 0 Å². The number of halogens is 2. The fourth-order valence-electron chi connectivity index (χ4n) is 1.43. The third kappa shape index (κ3) is 9.46. The summed E-state index contributed by atoms with van der Waals surface area (Å²) in [6.45, 7) is 3.10. The van der Waals surface area contributed by atoms with Gasteiger partial charge in [-0.15, -0.1) is 24.0 Å². The fraction of sp³-hybridized carbons (Fsp3) is 0.500. The summed E-state index contributed by atoms with van der Waals surface area (Å²) in [5.74, 6) is 0.496. The Balaban J connectivity index is 0.00000400. The number of nitrogens with one attached hydrogen (secondary N) is 1. The van der Waals surface area contributed by atoms with Gasteiger partial charge < -0.3 is 20.9 Å². The molecule has 1 aromatic rings. The van der Waals surface area contributed by atoms with Crippen molar-refractivity contribution < 1.29 is 14.2 Å². The van der Waals surface area contributed by atoms with Crippen LogP contribution in [-0.2, 0) is 0 Å². The Morgan fingerprint density at radius 1 is 1.43 bits per heavy atom. The van der Waals surface area contributed by atoms with Gasteiger partial charge in [0.05, 0.1) is 6.54 Å². The molecule has 21 heavy (non-hydrogen) atoms. The van der Waals surface area contributed by atoms with Gasteiger partial charge in [-0.05, 0) is 30.7 Å². The molecule has 1 unspecified atom stereocenters. The highest BCUT2D eigenvalue weighted by atomic mass is 127. The molecule has 0 aliphatic rings. The van der Waals surface area contributed by atoms with Gasteiger partial charge in [-0.1, -0.05) is 13.3 Å². The number of unbranched alkanes of at least 4 members (excludes halogenated alkanes) is 1. The highest BCUT2D eigenvalue weighted by Gasteiger charge is 2.05. The zero-order valence-corrected chi connectivity index (χ0v) is 14.4. The van der Waals surface area contributed by atoms with Crippen LogP contribution in [0.4, 0.5) is 4.39 Å². The lowest BCUT2D eigenvalue weighted by atomic mass is 10.3. The number of aliphatic imine (C=N–C) groups is 1. The number of aliphatic hydroxyl groups excluding tert-OH is 1. The van der Waals surface area contributed by atoms with Gasteiger partial charge in [0.25, 0.3) is 0 Å². The molecule has 1 rings (SSSR count). The van der Waals surface area contributed by atoms with Crippen LogP contribution in [0.25, 0.3) is 0 Å². The standard InChI is InChI=1S/C14H22FN3O2.HI/c1-2-3-8-17-14(16)18-9-12(19)10-20-13-6-4-11(15)5-7-13;/h4-7,12,19H,2-3,8-10H2,1H3,(H3,16,17,18);1H. The molecule has 7 heteroatoms. The third-order valence-electron chi connectivity index (χ3n) is 2.56. The molecule has 0 spiro atoms. The number of benzene rings is 1. The highest BCUT2D eigenvalue weighted by molar-refractivity contribution is 14.0. The number of nitrogens with two attached hydrogens (primary N) is 1. The monoisotopic (exact) mass is 411 g/mol. The van der Waals surface area contributed by atoms with E-state index in [0.29, 0.717) is 11.7 Å². The second-order valence-electron chi connectivity index (χ2n) is 4.43. The molecule has 0 saturated carbocycles. The van der Waals surface area contributed by atoms with Crippen molar-refractivity contribution in [1.29, 1.82) is 0 Å². The quantitative estimate of drug-likeness (QED) is 0.264. The molecule has 0 aliphatic heterocycles. The Morgan fingerprint density at radius 3 is 2.71 bits per heavy atom. The van der Waals surface area contributed by atoms with E-state index in [9.17, 15) is 9.50 Å². The largest absolute Gasteiger partial charge is 0.491 e. The van der Waals surface area contributed by atoms with Crippen LogP contribution >= 0.6 is 24.0 Å². The summed E-state index contributed by atoms with van der Waals surface area (Å²) in [4.78, 5) is 4.02. The van der Waals surface area contributed by atoms with Gasteiger partial charge >= 0.3 is 0 Å². The summed E-state index contributed by atoms with van der Waals surface area (Å²) in [5.41, 5.74) is 5.63. The lowest BCUT2D eigenvalue weighted by Crippen LogP contribution is -2.34. The number of hydrogen-bond acceptors (Lipinski definition) is 3. The van der Waals surface area contributed by atoms with Crippen LogP contribution in [0.5, 0.6) is 5.75 Å². The van der Waals surface area contributed by atoms with Crippen LogP contribution in [0.3, 0.4) is 0 Å². The van der Waals surface area contributed by atoms with Crippen LogP contribution in [0.15, 0.2) is 29.3 Å². The maximum atomic E-state index is 12.7. The molecule has 0 fully saturated rings. The number of rotatable bonds is 8. The Kier molecular flexibility index (Phi) is 11.0. The van der Waals surface area contributed by atoms with Crippen LogP contribution in [-0.4, -0.2) is 36.9 Å². The number of hydrogen-bond donors (Lipinski definition) is 3. The first-order valence-electron chi connectivity index (χ1n) is 6.72. The first-order valence-corrected chi connectivity index (χ1v) is 6.72. The van der Waals surface area contributed by atoms with E-state index in [2.05, 4.69) is 17.2 Å². The van der Waals surface area contributed by atoms with E-state index in [4.69, 9.17) is 10.5 Å². The topological polar surface area (TPSA) is 79.9 Å². The van der Waals surface area contributed by atoms with Crippen molar-refractivity contribution in [3.8, 4) is 5.75 Å². The van der Waals surface area contributed by atoms with Crippen LogP contribution in [0.1, 0.15) is 19.8 Å². The van der Waals surface area contributed by atoms with Crippen molar-refractivity contribution >= 4 is 29.9 Å². The normalized spacial score (nSPS) is 12.4. The van der Waals surface area contributed by atoms with E-state index in [1.165, 1.54) is 24.3 Å². The Hall–Kier alpha value is -1.09. The van der Waals surface area contributed by atoms with E-state index < -0.39 is 6.10 Å². The van der Waals surface area contributed by atoms with E-state index in [1.807, 2.05) is 0 Å². The van der Waals surface area contributed by atoms with Crippen molar-refractivity contribution in [3.05, 3.63) is 30.1 Å². The zero-order valence-electron chi connectivity index (χ0n) is 12.1. The summed E-state index contributed by atoms with van der Waals surface area (Å²) >= 11 is 0. The molecule has 0 aromatic heterocycles. The minimum atomic E-state index is -0.758. The third-order valence-corrected chi connectivity index (χ3v) is 2.56. The molecule has 0 heterocycles. The first kappa shape index (κ1) is 19.9. The maximum Gasteiger partial charge on any atom is 0.188 e. The number of nitrogens with zero attached hydrogens (tertiary/aromatic N) is 1. The van der Waals surface area contributed by atoms with Crippen molar-refractivity contribution in [2.24, 2.45) is 10.7 Å². The molecule has 4 N–H and O–H groups in total. The fourth-order valence-corrected chi connectivity index (χ4v) is 1.43. The number of guanidine groups is 1. The Morgan fingerprint density at radius 2 is 2.10 bits per heavy atom. The molecule has 5 nitrogen and oxygen atoms in total. The summed E-state index contributed by atoms with van der Waals surface area (Å²) in [6.07, 6.45) is 1.34. The highest BCUT2D eigenvalue weighted by Crippen LogP contribution is 2.11. The molecule has 0 bridgehead atoms. The average molecular weight is 411 g/mol. The van der Waals surface area contributed by atoms with Gasteiger partial charge in [-0.3, -0.25) is 4.99 Å². The molecule has 0 amide bonds. The zero-order chi connectivity index (χ0) is 14.8. The van der Waals surface area contributed by atoms with Gasteiger partial charge in [0.15, 0.2) is 5.96 Å². The SMILES string of the molecule is CCCCNC(N)=NCC(O)COc1ccc(F)cc1.I. The molecule has 0 radical (unpaired) electrons. The first-order chi connectivity index (χ1) is 9.61. The number of ether oxygens (including phenoxy) is 1. The van der Waals surface area contributed by atoms with Crippen molar-refractivity contribution in [2.45, 2.75) is 25.9 Å². The van der Waals surface area contributed by atoms with E-state index in [0.717, 1.165) is 19.4 Å². The summed E-state index contributed by atoms with van der Waals surface area (Å²) in [5, 5.41) is 12.6. The maximum absolute atomic E-state index is 12.7. The minimum absolute atomic E-state index is 0. The van der Waals surface area contributed by atoms with Crippen LogP contribution in [0.2, 0.25) is 0 Å². The summed E-state index contributed by atoms with van der Waals surface area (Å²) < 4.78 is 18.0. The predicted molar refractivity (Wildman–Crippen MR) is 92.7 cm³/mol. The Bertz CT molecular complexity index is 415. The lowest BCUT2D eigenvalue weighted by Gasteiger charge is -2.11.